The molecule has 1 aromatic heterocycles. The summed E-state index contributed by atoms with van der Waals surface area (Å²) in [5.74, 6) is 1.17. The van der Waals surface area contributed by atoms with Gasteiger partial charge in [-0.15, -0.1) is 5.10 Å². The molecular formula is C13H22N4O2. The van der Waals surface area contributed by atoms with Crippen LogP contribution in [0, 0.1) is 17.3 Å². The van der Waals surface area contributed by atoms with Gasteiger partial charge in [0.15, 0.2) is 5.82 Å². The first kappa shape index (κ1) is 14.0. The van der Waals surface area contributed by atoms with Gasteiger partial charge in [0.25, 0.3) is 0 Å². The number of hydrogen-bond donors (Lipinski definition) is 1. The standard InChI is InChI=1S/C13H22N4O2/c1-8(2)10(9(3)4)11-14-15-16-17(11)7-13(5-6-13)12(18)19/h8-10H,5-7H2,1-4H3,(H,18,19). The zero-order chi connectivity index (χ0) is 14.2. The molecule has 19 heavy (non-hydrogen) atoms. The fourth-order valence-electron chi connectivity index (χ4n) is 2.81. The number of hydrogen-bond acceptors (Lipinski definition) is 4. The molecule has 1 N–H and O–H groups in total. The van der Waals surface area contributed by atoms with Crippen LogP contribution in [0.3, 0.4) is 0 Å². The van der Waals surface area contributed by atoms with Crippen molar-refractivity contribution < 1.29 is 9.90 Å². The van der Waals surface area contributed by atoms with Crippen LogP contribution in [0.5, 0.6) is 0 Å². The lowest BCUT2D eigenvalue weighted by Crippen LogP contribution is -2.26. The summed E-state index contributed by atoms with van der Waals surface area (Å²) in [4.78, 5) is 11.3. The number of aromatic nitrogens is 4. The third kappa shape index (κ3) is 2.62. The second kappa shape index (κ2) is 4.90. The van der Waals surface area contributed by atoms with Crippen molar-refractivity contribution >= 4 is 5.97 Å². The first-order valence-electron chi connectivity index (χ1n) is 6.87. The first-order chi connectivity index (χ1) is 8.87. The zero-order valence-electron chi connectivity index (χ0n) is 12.0. The second-order valence-corrected chi connectivity index (χ2v) is 6.29. The fourth-order valence-corrected chi connectivity index (χ4v) is 2.81. The summed E-state index contributed by atoms with van der Waals surface area (Å²) >= 11 is 0. The normalized spacial score (nSPS) is 17.4. The van der Waals surface area contributed by atoms with Crippen LogP contribution in [0.4, 0.5) is 0 Å². The van der Waals surface area contributed by atoms with Gasteiger partial charge >= 0.3 is 5.97 Å². The van der Waals surface area contributed by atoms with E-state index in [9.17, 15) is 9.90 Å². The van der Waals surface area contributed by atoms with E-state index in [1.807, 2.05) is 0 Å². The molecule has 0 spiro atoms. The molecule has 106 valence electrons. The molecule has 1 fully saturated rings. The Morgan fingerprint density at radius 3 is 2.32 bits per heavy atom. The van der Waals surface area contributed by atoms with Crippen molar-refractivity contribution in [2.75, 3.05) is 0 Å². The van der Waals surface area contributed by atoms with Gasteiger partial charge in [-0.1, -0.05) is 27.7 Å². The van der Waals surface area contributed by atoms with E-state index in [1.54, 1.807) is 4.68 Å². The maximum atomic E-state index is 11.3. The van der Waals surface area contributed by atoms with Gasteiger partial charge < -0.3 is 5.11 Å². The molecule has 0 aromatic carbocycles. The average Bonchev–Trinajstić information content (AvgIpc) is 2.94. The van der Waals surface area contributed by atoms with Crippen molar-refractivity contribution in [3.05, 3.63) is 5.82 Å². The highest BCUT2D eigenvalue weighted by atomic mass is 16.4. The first-order valence-corrected chi connectivity index (χ1v) is 6.87. The van der Waals surface area contributed by atoms with Crippen LogP contribution < -0.4 is 0 Å². The number of carboxylic acids is 1. The molecule has 0 saturated heterocycles. The van der Waals surface area contributed by atoms with Gasteiger partial charge in [0.1, 0.15) is 0 Å². The Bertz CT molecular complexity index is 455. The van der Waals surface area contributed by atoms with Crippen LogP contribution in [0.25, 0.3) is 0 Å². The van der Waals surface area contributed by atoms with Gasteiger partial charge in [0.2, 0.25) is 0 Å². The monoisotopic (exact) mass is 266 g/mol. The highest BCUT2D eigenvalue weighted by Gasteiger charge is 2.51. The van der Waals surface area contributed by atoms with Crippen LogP contribution in [0.2, 0.25) is 0 Å². The molecule has 1 heterocycles. The second-order valence-electron chi connectivity index (χ2n) is 6.29. The molecular weight excluding hydrogens is 244 g/mol. The van der Waals surface area contributed by atoms with Gasteiger partial charge in [0.05, 0.1) is 12.0 Å². The highest BCUT2D eigenvalue weighted by Crippen LogP contribution is 2.47. The Morgan fingerprint density at radius 2 is 1.89 bits per heavy atom. The largest absolute Gasteiger partial charge is 0.481 e. The number of rotatable bonds is 6. The van der Waals surface area contributed by atoms with E-state index in [4.69, 9.17) is 0 Å². The number of carboxylic acid groups (broad SMARTS) is 1. The Kier molecular flexibility index (Phi) is 3.60. The third-order valence-corrected chi connectivity index (χ3v) is 4.05. The predicted molar refractivity (Wildman–Crippen MR) is 69.5 cm³/mol. The van der Waals surface area contributed by atoms with Crippen molar-refractivity contribution in [2.45, 2.75) is 53.0 Å². The van der Waals surface area contributed by atoms with Gasteiger partial charge in [-0.2, -0.15) is 0 Å². The highest BCUT2D eigenvalue weighted by molar-refractivity contribution is 5.77. The summed E-state index contributed by atoms with van der Waals surface area (Å²) in [6.45, 7) is 8.98. The SMILES string of the molecule is CC(C)C(c1nnnn1CC1(C(=O)O)CC1)C(C)C. The summed E-state index contributed by atoms with van der Waals surface area (Å²) < 4.78 is 1.70. The predicted octanol–water partition coefficient (Wildman–Crippen LogP) is 1.93. The van der Waals surface area contributed by atoms with Crippen molar-refractivity contribution in [1.29, 1.82) is 0 Å². The Hall–Kier alpha value is -1.46. The molecule has 1 aromatic rings. The molecule has 0 radical (unpaired) electrons. The summed E-state index contributed by atoms with van der Waals surface area (Å²) in [6.07, 6.45) is 1.44. The van der Waals surface area contributed by atoms with Crippen LogP contribution in [-0.2, 0) is 11.3 Å². The average molecular weight is 266 g/mol. The Balaban J connectivity index is 2.24. The minimum atomic E-state index is -0.736. The number of aliphatic carboxylic acids is 1. The van der Waals surface area contributed by atoms with Crippen molar-refractivity contribution in [3.8, 4) is 0 Å². The molecule has 6 nitrogen and oxygen atoms in total. The number of nitrogens with zero attached hydrogens (tertiary/aromatic N) is 4. The molecule has 0 unspecified atom stereocenters. The molecule has 6 heteroatoms. The summed E-state index contributed by atoms with van der Waals surface area (Å²) in [7, 11) is 0. The van der Waals surface area contributed by atoms with E-state index >= 15 is 0 Å². The maximum Gasteiger partial charge on any atom is 0.311 e. The molecule has 0 atom stereocenters. The van der Waals surface area contributed by atoms with Crippen LogP contribution in [0.1, 0.15) is 52.3 Å². The maximum absolute atomic E-state index is 11.3. The molecule has 0 aliphatic heterocycles. The zero-order valence-corrected chi connectivity index (χ0v) is 12.0. The Labute approximate surface area is 113 Å². The fraction of sp³-hybridized carbons (Fsp3) is 0.846. The van der Waals surface area contributed by atoms with Crippen LogP contribution >= 0.6 is 0 Å². The van der Waals surface area contributed by atoms with Gasteiger partial charge in [0, 0.05) is 5.92 Å². The van der Waals surface area contributed by atoms with E-state index in [-0.39, 0.29) is 5.92 Å². The summed E-state index contributed by atoms with van der Waals surface area (Å²) in [5.41, 5.74) is -0.636. The molecule has 1 aliphatic carbocycles. The molecule has 1 aliphatic rings. The quantitative estimate of drug-likeness (QED) is 0.851. The minimum absolute atomic E-state index is 0.250. The molecule has 1 saturated carbocycles. The molecule has 2 rings (SSSR count). The van der Waals surface area contributed by atoms with Crippen LogP contribution in [-0.4, -0.2) is 31.3 Å². The lowest BCUT2D eigenvalue weighted by molar-refractivity contribution is -0.144. The minimum Gasteiger partial charge on any atom is -0.481 e. The molecule has 0 amide bonds. The van der Waals surface area contributed by atoms with Crippen LogP contribution in [0.15, 0.2) is 0 Å². The van der Waals surface area contributed by atoms with E-state index in [1.165, 1.54) is 0 Å². The molecule has 0 bridgehead atoms. The Morgan fingerprint density at radius 1 is 1.32 bits per heavy atom. The third-order valence-electron chi connectivity index (χ3n) is 4.05. The van der Waals surface area contributed by atoms with Gasteiger partial charge in [-0.3, -0.25) is 4.79 Å². The van der Waals surface area contributed by atoms with Crippen molar-refractivity contribution in [1.82, 2.24) is 20.2 Å². The van der Waals surface area contributed by atoms with Gasteiger partial charge in [-0.25, -0.2) is 4.68 Å². The smallest absolute Gasteiger partial charge is 0.311 e. The number of carbonyl (C=O) groups is 1. The van der Waals surface area contributed by atoms with Crippen molar-refractivity contribution in [3.63, 3.8) is 0 Å². The van der Waals surface area contributed by atoms with E-state index in [0.717, 1.165) is 18.7 Å². The summed E-state index contributed by atoms with van der Waals surface area (Å²) in [6, 6.07) is 0. The number of tetrazole rings is 1. The lowest BCUT2D eigenvalue weighted by Gasteiger charge is -2.24. The van der Waals surface area contributed by atoms with E-state index < -0.39 is 11.4 Å². The van der Waals surface area contributed by atoms with E-state index in [0.29, 0.717) is 18.4 Å². The van der Waals surface area contributed by atoms with E-state index in [2.05, 4.69) is 43.2 Å². The lowest BCUT2D eigenvalue weighted by atomic mass is 9.85. The topological polar surface area (TPSA) is 80.9 Å². The van der Waals surface area contributed by atoms with Crippen molar-refractivity contribution in [2.24, 2.45) is 17.3 Å². The van der Waals surface area contributed by atoms with Gasteiger partial charge in [-0.05, 0) is 35.1 Å². The summed E-state index contributed by atoms with van der Waals surface area (Å²) in [5, 5.41) is 21.2.